The van der Waals surface area contributed by atoms with Crippen molar-refractivity contribution < 1.29 is 14.9 Å². The number of fused-ring (bicyclic) bond motifs is 1. The first-order chi connectivity index (χ1) is 8.88. The van der Waals surface area contributed by atoms with Crippen molar-refractivity contribution in [1.82, 2.24) is 0 Å². The molecule has 5 atom stereocenters. The van der Waals surface area contributed by atoms with Crippen LogP contribution >= 0.6 is 0 Å². The van der Waals surface area contributed by atoms with Crippen LogP contribution in [0.15, 0.2) is 11.6 Å². The Balaban J connectivity index is 2.33. The van der Waals surface area contributed by atoms with Gasteiger partial charge in [0.25, 0.3) is 0 Å². The van der Waals surface area contributed by atoms with Crippen molar-refractivity contribution in [3.63, 3.8) is 0 Å². The van der Waals surface area contributed by atoms with Crippen LogP contribution in [0, 0.1) is 23.7 Å². The van der Waals surface area contributed by atoms with Gasteiger partial charge in [0.2, 0.25) is 0 Å². The number of carbonyl (C=O) groups excluding carboxylic acids is 1. The van der Waals surface area contributed by atoms with E-state index >= 15 is 0 Å². The van der Waals surface area contributed by atoms with Gasteiger partial charge in [-0.2, -0.15) is 0 Å². The molecule has 0 saturated heterocycles. The zero-order valence-electron chi connectivity index (χ0n) is 12.5. The van der Waals surface area contributed by atoms with E-state index in [9.17, 15) is 4.79 Å². The van der Waals surface area contributed by atoms with Crippen molar-refractivity contribution in [2.24, 2.45) is 23.7 Å². The van der Waals surface area contributed by atoms with Crippen molar-refractivity contribution >= 4 is 5.78 Å². The van der Waals surface area contributed by atoms with Crippen molar-refractivity contribution in [2.45, 2.75) is 59.0 Å². The summed E-state index contributed by atoms with van der Waals surface area (Å²) in [7, 11) is 0. The molecule has 0 bridgehead atoms. The van der Waals surface area contributed by atoms with Crippen LogP contribution in [-0.2, 0) is 9.68 Å². The van der Waals surface area contributed by atoms with Gasteiger partial charge in [-0.1, -0.05) is 25.5 Å². The number of carbonyl (C=O) groups is 1. The molecule has 2 rings (SSSR count). The van der Waals surface area contributed by atoms with E-state index in [2.05, 4.69) is 13.0 Å². The molecule has 0 spiro atoms. The molecule has 2 aliphatic carbocycles. The minimum absolute atomic E-state index is 0.0716. The highest BCUT2D eigenvalue weighted by atomic mass is 17.1. The molecular weight excluding hydrogens is 240 g/mol. The SMILES string of the molecule is CC(=O)[C@H](C)[C@@H]1CC[C@@H](C)[C@@H]2CC[C@@](C)(OO)C=C21. The smallest absolute Gasteiger partial charge is 0.133 e. The average Bonchev–Trinajstić information content (AvgIpc) is 2.38. The molecule has 1 fully saturated rings. The van der Waals surface area contributed by atoms with E-state index in [0.717, 1.165) is 19.3 Å². The fraction of sp³-hybridized carbons (Fsp3) is 0.812. The van der Waals surface area contributed by atoms with Gasteiger partial charge in [-0.05, 0) is 57.3 Å². The van der Waals surface area contributed by atoms with Crippen molar-refractivity contribution in [3.8, 4) is 0 Å². The molecular formula is C16H26O3. The Labute approximate surface area is 116 Å². The maximum atomic E-state index is 11.7. The number of hydrogen-bond donors (Lipinski definition) is 1. The first kappa shape index (κ1) is 14.7. The van der Waals surface area contributed by atoms with Gasteiger partial charge >= 0.3 is 0 Å². The third-order valence-electron chi connectivity index (χ3n) is 5.35. The molecule has 3 heteroatoms. The van der Waals surface area contributed by atoms with E-state index < -0.39 is 5.60 Å². The van der Waals surface area contributed by atoms with Crippen LogP contribution in [0.4, 0.5) is 0 Å². The number of allylic oxidation sites excluding steroid dienone is 1. The van der Waals surface area contributed by atoms with E-state index in [0.29, 0.717) is 17.8 Å². The highest BCUT2D eigenvalue weighted by Crippen LogP contribution is 2.48. The normalized spacial score (nSPS) is 40.3. The molecule has 0 aromatic heterocycles. The second-order valence-electron chi connectivity index (χ2n) is 6.75. The van der Waals surface area contributed by atoms with E-state index in [4.69, 9.17) is 10.1 Å². The molecule has 0 aromatic rings. The Bertz CT molecular complexity index is 387. The van der Waals surface area contributed by atoms with E-state index in [-0.39, 0.29) is 11.7 Å². The predicted molar refractivity (Wildman–Crippen MR) is 74.7 cm³/mol. The lowest BCUT2D eigenvalue weighted by atomic mass is 9.62. The van der Waals surface area contributed by atoms with Crippen LogP contribution in [0.1, 0.15) is 53.4 Å². The number of ketones is 1. The Morgan fingerprint density at radius 2 is 2.16 bits per heavy atom. The van der Waals surface area contributed by atoms with Gasteiger partial charge in [-0.25, -0.2) is 4.89 Å². The molecule has 1 N–H and O–H groups in total. The van der Waals surface area contributed by atoms with E-state index in [1.807, 2.05) is 13.8 Å². The Morgan fingerprint density at radius 3 is 2.74 bits per heavy atom. The molecule has 0 radical (unpaired) electrons. The van der Waals surface area contributed by atoms with E-state index in [1.165, 1.54) is 12.0 Å². The Hall–Kier alpha value is -0.670. The largest absolute Gasteiger partial charge is 0.300 e. The summed E-state index contributed by atoms with van der Waals surface area (Å²) >= 11 is 0. The minimum atomic E-state index is -0.572. The van der Waals surface area contributed by atoms with Crippen LogP contribution in [0.3, 0.4) is 0 Å². The summed E-state index contributed by atoms with van der Waals surface area (Å²) in [5, 5.41) is 9.13. The van der Waals surface area contributed by atoms with Gasteiger partial charge in [0.05, 0.1) is 0 Å². The zero-order valence-corrected chi connectivity index (χ0v) is 12.5. The third kappa shape index (κ3) is 2.77. The average molecular weight is 266 g/mol. The van der Waals surface area contributed by atoms with Crippen LogP contribution in [0.5, 0.6) is 0 Å². The monoisotopic (exact) mass is 266 g/mol. The topological polar surface area (TPSA) is 46.5 Å². The molecule has 0 heterocycles. The molecule has 0 aliphatic heterocycles. The number of hydrogen-bond acceptors (Lipinski definition) is 3. The van der Waals surface area contributed by atoms with Gasteiger partial charge in [-0.15, -0.1) is 0 Å². The summed E-state index contributed by atoms with van der Waals surface area (Å²) in [4.78, 5) is 16.4. The van der Waals surface area contributed by atoms with Gasteiger partial charge in [0.1, 0.15) is 11.4 Å². The molecule has 3 nitrogen and oxygen atoms in total. The summed E-state index contributed by atoms with van der Waals surface area (Å²) in [6.07, 6.45) is 6.27. The Morgan fingerprint density at radius 1 is 1.47 bits per heavy atom. The van der Waals surface area contributed by atoms with Crippen LogP contribution in [0.2, 0.25) is 0 Å². The summed E-state index contributed by atoms with van der Waals surface area (Å²) in [6.45, 7) is 7.94. The maximum absolute atomic E-state index is 11.7. The lowest BCUT2D eigenvalue weighted by Gasteiger charge is -2.44. The molecule has 19 heavy (non-hydrogen) atoms. The predicted octanol–water partition coefficient (Wildman–Crippen LogP) is 3.84. The first-order valence-electron chi connectivity index (χ1n) is 7.43. The van der Waals surface area contributed by atoms with Crippen molar-refractivity contribution in [2.75, 3.05) is 0 Å². The van der Waals surface area contributed by atoms with Crippen LogP contribution in [0.25, 0.3) is 0 Å². The molecule has 1 saturated carbocycles. The molecule has 0 unspecified atom stereocenters. The summed E-state index contributed by atoms with van der Waals surface area (Å²) in [5.41, 5.74) is 0.779. The standard InChI is InChI=1S/C16H26O3/c1-10-5-6-14(11(2)12(3)17)15-9-16(4,19-18)8-7-13(10)15/h9-11,13-14,18H,5-8H2,1-4H3/t10-,11+,13+,14+,16-/m1/s1. The van der Waals surface area contributed by atoms with Crippen LogP contribution in [-0.4, -0.2) is 16.6 Å². The van der Waals surface area contributed by atoms with Crippen molar-refractivity contribution in [1.29, 1.82) is 0 Å². The van der Waals surface area contributed by atoms with Gasteiger partial charge in [0, 0.05) is 5.92 Å². The second-order valence-corrected chi connectivity index (χ2v) is 6.75. The summed E-state index contributed by atoms with van der Waals surface area (Å²) in [6, 6.07) is 0. The first-order valence-corrected chi connectivity index (χ1v) is 7.43. The molecule has 108 valence electrons. The lowest BCUT2D eigenvalue weighted by molar-refractivity contribution is -0.306. The highest BCUT2D eigenvalue weighted by molar-refractivity contribution is 5.78. The fourth-order valence-corrected chi connectivity index (χ4v) is 3.84. The zero-order chi connectivity index (χ0) is 14.2. The molecule has 0 aromatic carbocycles. The second kappa shape index (κ2) is 5.37. The quantitative estimate of drug-likeness (QED) is 0.479. The van der Waals surface area contributed by atoms with Gasteiger partial charge in [-0.3, -0.25) is 10.1 Å². The van der Waals surface area contributed by atoms with Gasteiger partial charge in [0.15, 0.2) is 0 Å². The maximum Gasteiger partial charge on any atom is 0.133 e. The van der Waals surface area contributed by atoms with Crippen molar-refractivity contribution in [3.05, 3.63) is 11.6 Å². The Kier molecular flexibility index (Phi) is 4.17. The molecule has 2 aliphatic rings. The highest BCUT2D eigenvalue weighted by Gasteiger charge is 2.42. The van der Waals surface area contributed by atoms with E-state index in [1.54, 1.807) is 6.92 Å². The summed E-state index contributed by atoms with van der Waals surface area (Å²) < 4.78 is 0. The molecule has 0 amide bonds. The third-order valence-corrected chi connectivity index (χ3v) is 5.35. The number of Topliss-reactive ketones (excluding diaryl/α,β-unsaturated/α-hetero) is 1. The fourth-order valence-electron chi connectivity index (χ4n) is 3.84. The summed E-state index contributed by atoms with van der Waals surface area (Å²) in [5.74, 6) is 1.89. The number of rotatable bonds is 3. The van der Waals surface area contributed by atoms with Gasteiger partial charge < -0.3 is 0 Å². The lowest BCUT2D eigenvalue weighted by Crippen LogP contribution is -2.39. The van der Waals surface area contributed by atoms with Crippen LogP contribution < -0.4 is 0 Å². The minimum Gasteiger partial charge on any atom is -0.300 e.